The number of nitrogens with two attached hydrogens (primary N) is 1. The van der Waals surface area contributed by atoms with Gasteiger partial charge >= 0.3 is 0 Å². The van der Waals surface area contributed by atoms with Crippen molar-refractivity contribution >= 4 is 5.95 Å². The highest BCUT2D eigenvalue weighted by atomic mass is 16.5. The van der Waals surface area contributed by atoms with E-state index in [1.807, 2.05) is 0 Å². The molecule has 2 aromatic rings. The highest BCUT2D eigenvalue weighted by Crippen LogP contribution is 2.12. The van der Waals surface area contributed by atoms with Crippen molar-refractivity contribution in [2.45, 2.75) is 26.2 Å². The summed E-state index contributed by atoms with van der Waals surface area (Å²) in [5.74, 6) is 1.58. The van der Waals surface area contributed by atoms with Gasteiger partial charge in [-0.05, 0) is 6.42 Å². The Morgan fingerprint density at radius 2 is 2.27 bits per heavy atom. The summed E-state index contributed by atoms with van der Waals surface area (Å²) in [6.07, 6.45) is 2.94. The molecule has 3 N–H and O–H groups in total. The summed E-state index contributed by atoms with van der Waals surface area (Å²) >= 11 is 0. The molecule has 0 fully saturated rings. The molecule has 0 aliphatic heterocycles. The third-order valence-corrected chi connectivity index (χ3v) is 1.93. The molecule has 15 heavy (non-hydrogen) atoms. The number of nitrogens with one attached hydrogen (secondary N) is 1. The fourth-order valence-electron chi connectivity index (χ4n) is 1.16. The van der Waals surface area contributed by atoms with Crippen LogP contribution in [-0.4, -0.2) is 25.3 Å². The fourth-order valence-corrected chi connectivity index (χ4v) is 1.16. The van der Waals surface area contributed by atoms with Crippen LogP contribution < -0.4 is 5.73 Å². The number of H-pyrrole nitrogens is 1. The first-order valence-electron chi connectivity index (χ1n) is 4.80. The van der Waals surface area contributed by atoms with Crippen LogP contribution in [0.1, 0.15) is 25.6 Å². The molecule has 0 radical (unpaired) electrons. The number of nitrogen functional groups attached to an aromatic ring is 1. The molecular weight excluding hydrogens is 196 g/mol. The lowest BCUT2D eigenvalue weighted by Gasteiger charge is -1.87. The van der Waals surface area contributed by atoms with Crippen molar-refractivity contribution in [2.24, 2.45) is 0 Å². The molecule has 0 bridgehead atoms. The van der Waals surface area contributed by atoms with Crippen molar-refractivity contribution in [3.63, 3.8) is 0 Å². The van der Waals surface area contributed by atoms with Gasteiger partial charge in [-0.3, -0.25) is 5.10 Å². The average Bonchev–Trinajstić information content (AvgIpc) is 2.83. The number of rotatable bonds is 4. The summed E-state index contributed by atoms with van der Waals surface area (Å²) in [5.41, 5.74) is 5.36. The predicted molar refractivity (Wildman–Crippen MR) is 52.7 cm³/mol. The molecule has 0 unspecified atom stereocenters. The lowest BCUT2D eigenvalue weighted by atomic mass is 10.2. The van der Waals surface area contributed by atoms with E-state index >= 15 is 0 Å². The summed E-state index contributed by atoms with van der Waals surface area (Å²) < 4.78 is 5.01. The number of aromatic nitrogens is 5. The van der Waals surface area contributed by atoms with Gasteiger partial charge < -0.3 is 10.3 Å². The molecule has 0 spiro atoms. The Morgan fingerprint density at radius 3 is 2.93 bits per heavy atom. The Balaban J connectivity index is 2.13. The van der Waals surface area contributed by atoms with Gasteiger partial charge in [-0.1, -0.05) is 18.5 Å². The molecule has 0 aliphatic carbocycles. The number of aryl methyl sites for hydroxylation is 1. The zero-order chi connectivity index (χ0) is 10.7. The van der Waals surface area contributed by atoms with Crippen LogP contribution in [0.15, 0.2) is 4.52 Å². The van der Waals surface area contributed by atoms with Crippen molar-refractivity contribution in [3.05, 3.63) is 5.82 Å². The normalized spacial score (nSPS) is 10.7. The summed E-state index contributed by atoms with van der Waals surface area (Å²) in [6.45, 7) is 2.11. The molecule has 0 amide bonds. The first-order valence-corrected chi connectivity index (χ1v) is 4.80. The third-order valence-electron chi connectivity index (χ3n) is 1.93. The molecule has 7 heteroatoms. The summed E-state index contributed by atoms with van der Waals surface area (Å²) in [7, 11) is 0. The van der Waals surface area contributed by atoms with Gasteiger partial charge in [0.2, 0.25) is 11.8 Å². The second-order valence-corrected chi connectivity index (χ2v) is 3.16. The lowest BCUT2D eigenvalue weighted by molar-refractivity contribution is 0.419. The van der Waals surface area contributed by atoms with E-state index in [2.05, 4.69) is 32.2 Å². The molecule has 80 valence electrons. The van der Waals surface area contributed by atoms with E-state index in [0.717, 1.165) is 19.3 Å². The van der Waals surface area contributed by atoms with E-state index in [1.165, 1.54) is 0 Å². The SMILES string of the molecule is CCCCc1noc(-c2nc(N)n[nH]2)n1. The second kappa shape index (κ2) is 4.07. The van der Waals surface area contributed by atoms with E-state index in [0.29, 0.717) is 17.5 Å². The maximum Gasteiger partial charge on any atom is 0.295 e. The maximum atomic E-state index is 5.36. The standard InChI is InChI=1S/C8H12N6O/c1-2-3-4-5-10-7(15-14-5)6-11-8(9)13-12-6/h2-4H2,1H3,(H3,9,11,12,13). The third kappa shape index (κ3) is 2.12. The molecular formula is C8H12N6O. The number of nitrogens with zero attached hydrogens (tertiary/aromatic N) is 4. The van der Waals surface area contributed by atoms with Crippen molar-refractivity contribution in [2.75, 3.05) is 5.73 Å². The largest absolute Gasteiger partial charge is 0.366 e. The maximum absolute atomic E-state index is 5.36. The Hall–Kier alpha value is -1.92. The first-order chi connectivity index (χ1) is 7.29. The minimum Gasteiger partial charge on any atom is -0.366 e. The van der Waals surface area contributed by atoms with Gasteiger partial charge in [0.05, 0.1) is 0 Å². The monoisotopic (exact) mass is 208 g/mol. The predicted octanol–water partition coefficient (Wildman–Crippen LogP) is 0.780. The zero-order valence-corrected chi connectivity index (χ0v) is 8.40. The number of aromatic amines is 1. The quantitative estimate of drug-likeness (QED) is 0.768. The molecule has 0 aliphatic rings. The van der Waals surface area contributed by atoms with Crippen LogP contribution in [0.25, 0.3) is 11.7 Å². The molecule has 2 heterocycles. The number of anilines is 1. The number of hydrogen-bond acceptors (Lipinski definition) is 6. The summed E-state index contributed by atoms with van der Waals surface area (Å²) in [4.78, 5) is 8.05. The molecule has 7 nitrogen and oxygen atoms in total. The van der Waals surface area contributed by atoms with E-state index in [1.54, 1.807) is 0 Å². The van der Waals surface area contributed by atoms with Crippen molar-refractivity contribution < 1.29 is 4.52 Å². The van der Waals surface area contributed by atoms with E-state index in [4.69, 9.17) is 10.3 Å². The highest BCUT2D eigenvalue weighted by Gasteiger charge is 2.11. The minimum atomic E-state index is 0.165. The van der Waals surface area contributed by atoms with Gasteiger partial charge in [0, 0.05) is 6.42 Å². The van der Waals surface area contributed by atoms with Gasteiger partial charge in [-0.15, -0.1) is 5.10 Å². The first kappa shape index (κ1) is 9.63. The molecule has 2 aromatic heterocycles. The number of hydrogen-bond donors (Lipinski definition) is 2. The Labute approximate surface area is 86.1 Å². The van der Waals surface area contributed by atoms with Gasteiger partial charge in [-0.25, -0.2) is 0 Å². The molecule has 0 saturated heterocycles. The summed E-state index contributed by atoms with van der Waals surface area (Å²) in [5, 5.41) is 10.1. The van der Waals surface area contributed by atoms with Crippen molar-refractivity contribution in [1.82, 2.24) is 25.3 Å². The van der Waals surface area contributed by atoms with E-state index < -0.39 is 0 Å². The highest BCUT2D eigenvalue weighted by molar-refractivity contribution is 5.41. The van der Waals surface area contributed by atoms with Crippen LogP contribution in [0, 0.1) is 0 Å². The minimum absolute atomic E-state index is 0.165. The molecule has 2 rings (SSSR count). The van der Waals surface area contributed by atoms with Gasteiger partial charge in [0.1, 0.15) is 0 Å². The Kier molecular flexibility index (Phi) is 2.61. The van der Waals surface area contributed by atoms with E-state index in [9.17, 15) is 0 Å². The number of unbranched alkanes of at least 4 members (excludes halogenated alkanes) is 1. The second-order valence-electron chi connectivity index (χ2n) is 3.16. The van der Waals surface area contributed by atoms with Crippen LogP contribution in [0.5, 0.6) is 0 Å². The topological polar surface area (TPSA) is 107 Å². The van der Waals surface area contributed by atoms with Crippen LogP contribution in [-0.2, 0) is 6.42 Å². The molecule has 0 atom stereocenters. The smallest absolute Gasteiger partial charge is 0.295 e. The van der Waals surface area contributed by atoms with Gasteiger partial charge in [0.25, 0.3) is 5.89 Å². The molecule has 0 aromatic carbocycles. The lowest BCUT2D eigenvalue weighted by Crippen LogP contribution is -1.88. The Bertz CT molecular complexity index is 434. The molecule has 0 saturated carbocycles. The van der Waals surface area contributed by atoms with Gasteiger partial charge in [0.15, 0.2) is 5.82 Å². The fraction of sp³-hybridized carbons (Fsp3) is 0.500. The van der Waals surface area contributed by atoms with E-state index in [-0.39, 0.29) is 5.95 Å². The van der Waals surface area contributed by atoms with Crippen LogP contribution >= 0.6 is 0 Å². The zero-order valence-electron chi connectivity index (χ0n) is 8.40. The van der Waals surface area contributed by atoms with Crippen LogP contribution in [0.4, 0.5) is 5.95 Å². The summed E-state index contributed by atoms with van der Waals surface area (Å²) in [6, 6.07) is 0. The van der Waals surface area contributed by atoms with Crippen molar-refractivity contribution in [1.29, 1.82) is 0 Å². The van der Waals surface area contributed by atoms with Crippen LogP contribution in [0.2, 0.25) is 0 Å². The Morgan fingerprint density at radius 1 is 1.40 bits per heavy atom. The average molecular weight is 208 g/mol. The van der Waals surface area contributed by atoms with Crippen molar-refractivity contribution in [3.8, 4) is 11.7 Å². The van der Waals surface area contributed by atoms with Crippen LogP contribution in [0.3, 0.4) is 0 Å². The van der Waals surface area contributed by atoms with Gasteiger partial charge in [-0.2, -0.15) is 9.97 Å².